The number of hydrogen-bond acceptors (Lipinski definition) is 8. The van der Waals surface area contributed by atoms with Crippen LogP contribution in [0.2, 0.25) is 0 Å². The van der Waals surface area contributed by atoms with Crippen LogP contribution in [-0.4, -0.2) is 51.3 Å². The third-order valence-corrected chi connectivity index (χ3v) is 7.63. The average molecular weight is 608 g/mol. The Hall–Kier alpha value is -4.31. The van der Waals surface area contributed by atoms with E-state index in [1.807, 2.05) is 52.0 Å². The summed E-state index contributed by atoms with van der Waals surface area (Å²) in [5.74, 6) is 0.899. The Morgan fingerprint density at radius 1 is 1.05 bits per heavy atom. The van der Waals surface area contributed by atoms with E-state index in [4.69, 9.17) is 24.7 Å². The van der Waals surface area contributed by atoms with Crippen LogP contribution < -0.4 is 30.2 Å². The summed E-state index contributed by atoms with van der Waals surface area (Å²) >= 11 is 0. The number of methoxy groups -OCH3 is 1. The van der Waals surface area contributed by atoms with Crippen molar-refractivity contribution in [3.8, 4) is 28.4 Å². The maximum Gasteiger partial charge on any atom is 0.306 e. The summed E-state index contributed by atoms with van der Waals surface area (Å²) < 4.78 is 37.2. The van der Waals surface area contributed by atoms with Crippen LogP contribution >= 0.6 is 0 Å². The summed E-state index contributed by atoms with van der Waals surface area (Å²) in [6.07, 6.45) is 0.827. The van der Waals surface area contributed by atoms with Crippen LogP contribution in [0.5, 0.6) is 17.2 Å². The Labute approximate surface area is 258 Å². The van der Waals surface area contributed by atoms with Crippen molar-refractivity contribution in [2.75, 3.05) is 44.1 Å². The molecule has 0 saturated heterocycles. The minimum atomic E-state index is -0.793. The number of halogens is 1. The van der Waals surface area contributed by atoms with Gasteiger partial charge in [-0.3, -0.25) is 9.59 Å². The van der Waals surface area contributed by atoms with Crippen LogP contribution in [0.1, 0.15) is 44.7 Å². The fourth-order valence-electron chi connectivity index (χ4n) is 5.15. The molecule has 0 saturated carbocycles. The number of nitrogens with zero attached hydrogens (tertiary/aromatic N) is 1. The number of likely N-dealkylation sites (N-methyl/N-ethyl adjacent to an activating group) is 1. The van der Waals surface area contributed by atoms with E-state index in [0.717, 1.165) is 27.9 Å². The fourth-order valence-corrected chi connectivity index (χ4v) is 5.15. The highest BCUT2D eigenvalue weighted by molar-refractivity contribution is 6.08. The van der Waals surface area contributed by atoms with Gasteiger partial charge in [0.05, 0.1) is 31.7 Å². The molecule has 0 aliphatic carbocycles. The number of nitrogens with two attached hydrogens (primary N) is 1. The lowest BCUT2D eigenvalue weighted by Crippen LogP contribution is -2.52. The molecular formula is C34H42FN3O6. The molecule has 44 heavy (non-hydrogen) atoms. The number of amides is 1. The van der Waals surface area contributed by atoms with Crippen LogP contribution in [0.3, 0.4) is 0 Å². The Morgan fingerprint density at radius 2 is 1.80 bits per heavy atom. The lowest BCUT2D eigenvalue weighted by Gasteiger charge is -2.39. The summed E-state index contributed by atoms with van der Waals surface area (Å²) in [4.78, 5) is 26.8. The molecule has 0 fully saturated rings. The molecule has 236 valence electrons. The van der Waals surface area contributed by atoms with Crippen molar-refractivity contribution in [3.63, 3.8) is 0 Å². The molecule has 0 bridgehead atoms. The van der Waals surface area contributed by atoms with Crippen LogP contribution in [-0.2, 0) is 20.9 Å². The van der Waals surface area contributed by atoms with Gasteiger partial charge in [0.1, 0.15) is 35.2 Å². The minimum absolute atomic E-state index is 0.0761. The van der Waals surface area contributed by atoms with Crippen molar-refractivity contribution in [1.82, 2.24) is 0 Å². The van der Waals surface area contributed by atoms with Gasteiger partial charge >= 0.3 is 5.97 Å². The molecule has 3 aromatic rings. The van der Waals surface area contributed by atoms with E-state index >= 15 is 0 Å². The van der Waals surface area contributed by atoms with Crippen molar-refractivity contribution >= 4 is 23.3 Å². The van der Waals surface area contributed by atoms with Gasteiger partial charge in [0, 0.05) is 43.1 Å². The fraction of sp³-hybridized carbons (Fsp3) is 0.412. The Bertz CT molecular complexity index is 1510. The Morgan fingerprint density at radius 3 is 2.52 bits per heavy atom. The highest BCUT2D eigenvalue weighted by Gasteiger charge is 2.38. The third-order valence-electron chi connectivity index (χ3n) is 7.63. The average Bonchev–Trinajstić information content (AvgIpc) is 2.99. The number of fused-ring (bicyclic) bond motifs is 1. The molecule has 1 atom stereocenters. The van der Waals surface area contributed by atoms with Gasteiger partial charge < -0.3 is 34.9 Å². The highest BCUT2D eigenvalue weighted by Crippen LogP contribution is 2.45. The summed E-state index contributed by atoms with van der Waals surface area (Å²) in [6.45, 7) is 8.55. The molecule has 1 heterocycles. The van der Waals surface area contributed by atoms with Gasteiger partial charge in [-0.25, -0.2) is 4.39 Å². The summed E-state index contributed by atoms with van der Waals surface area (Å²) in [7, 11) is 3.32. The molecule has 1 unspecified atom stereocenters. The van der Waals surface area contributed by atoms with E-state index in [1.165, 1.54) is 12.1 Å². The molecule has 0 radical (unpaired) electrons. The van der Waals surface area contributed by atoms with Crippen LogP contribution in [0.25, 0.3) is 11.1 Å². The summed E-state index contributed by atoms with van der Waals surface area (Å²) in [6, 6.07) is 13.8. The van der Waals surface area contributed by atoms with Gasteiger partial charge in [-0.05, 0) is 68.6 Å². The van der Waals surface area contributed by atoms with Crippen molar-refractivity contribution in [2.24, 2.45) is 11.7 Å². The number of esters is 1. The molecule has 3 aromatic carbocycles. The molecule has 1 amide bonds. The van der Waals surface area contributed by atoms with Gasteiger partial charge in [0.25, 0.3) is 5.91 Å². The lowest BCUT2D eigenvalue weighted by atomic mass is 9.91. The molecule has 3 N–H and O–H groups in total. The number of ether oxygens (including phenoxy) is 4. The van der Waals surface area contributed by atoms with Gasteiger partial charge in [0.15, 0.2) is 0 Å². The van der Waals surface area contributed by atoms with E-state index in [1.54, 1.807) is 31.2 Å². The molecule has 9 nitrogen and oxygen atoms in total. The first-order valence-electron chi connectivity index (χ1n) is 14.7. The van der Waals surface area contributed by atoms with Gasteiger partial charge in [-0.1, -0.05) is 19.1 Å². The summed E-state index contributed by atoms with van der Waals surface area (Å²) in [5.41, 5.74) is 9.33. The summed E-state index contributed by atoms with van der Waals surface area (Å²) in [5, 5.41) is 3.35. The van der Waals surface area contributed by atoms with E-state index in [2.05, 4.69) is 5.32 Å². The molecule has 0 aromatic heterocycles. The maximum atomic E-state index is 14.1. The van der Waals surface area contributed by atoms with Crippen LogP contribution in [0, 0.1) is 18.7 Å². The van der Waals surface area contributed by atoms with Crippen molar-refractivity contribution < 1.29 is 32.9 Å². The second-order valence-corrected chi connectivity index (χ2v) is 11.6. The smallest absolute Gasteiger partial charge is 0.306 e. The number of hydrogen-bond donors (Lipinski definition) is 2. The number of benzene rings is 3. The first-order chi connectivity index (χ1) is 20.9. The lowest BCUT2D eigenvalue weighted by molar-refractivity contribution is -0.144. The monoisotopic (exact) mass is 607 g/mol. The first kappa shape index (κ1) is 32.6. The zero-order chi connectivity index (χ0) is 32.0. The largest absolute Gasteiger partial charge is 0.496 e. The standard InChI is InChI=1S/C34H42FN3O6/c1-21(19-36)16-31(39)43-15-7-14-42-24-10-11-26(30(18-24)41-6)25-12-13-28-32(38(5)33(40)34(3,4)37-28)27(25)20-44-29-17-23(35)9-8-22(29)2/h8-13,17-18,21,37H,7,14-16,19-20,36H2,1-6H3. The Balaban J connectivity index is 1.60. The van der Waals surface area contributed by atoms with Crippen LogP contribution in [0.15, 0.2) is 48.5 Å². The van der Waals surface area contributed by atoms with E-state index in [0.29, 0.717) is 48.9 Å². The Kier molecular flexibility index (Phi) is 10.4. The SMILES string of the molecule is COc1cc(OCCCOC(=O)CC(C)CN)ccc1-c1ccc2c(c1COc1cc(F)ccc1C)N(C)C(=O)C(C)(C)N2. The highest BCUT2D eigenvalue weighted by atomic mass is 19.1. The number of anilines is 2. The molecular weight excluding hydrogens is 565 g/mol. The first-order valence-corrected chi connectivity index (χ1v) is 14.7. The molecule has 10 heteroatoms. The predicted molar refractivity (Wildman–Crippen MR) is 169 cm³/mol. The predicted octanol–water partition coefficient (Wildman–Crippen LogP) is 5.85. The quantitative estimate of drug-likeness (QED) is 0.184. The minimum Gasteiger partial charge on any atom is -0.496 e. The zero-order valence-electron chi connectivity index (χ0n) is 26.3. The van der Waals surface area contributed by atoms with Gasteiger partial charge in [-0.2, -0.15) is 0 Å². The molecule has 1 aliphatic rings. The second kappa shape index (κ2) is 14.0. The topological polar surface area (TPSA) is 112 Å². The number of carbonyl (C=O) groups excluding carboxylic acids is 2. The van der Waals surface area contributed by atoms with Crippen molar-refractivity contribution in [2.45, 2.75) is 52.7 Å². The second-order valence-electron chi connectivity index (χ2n) is 11.6. The van der Waals surface area contributed by atoms with Crippen molar-refractivity contribution in [3.05, 3.63) is 65.5 Å². The molecule has 4 rings (SSSR count). The van der Waals surface area contributed by atoms with Gasteiger partial charge in [-0.15, -0.1) is 0 Å². The van der Waals surface area contributed by atoms with Gasteiger partial charge in [0.2, 0.25) is 0 Å². The normalized spacial score (nSPS) is 14.4. The third kappa shape index (κ3) is 7.42. The van der Waals surface area contributed by atoms with E-state index in [9.17, 15) is 14.0 Å². The zero-order valence-corrected chi connectivity index (χ0v) is 26.3. The number of carbonyl (C=O) groups is 2. The number of rotatable bonds is 13. The van der Waals surface area contributed by atoms with E-state index < -0.39 is 11.4 Å². The maximum absolute atomic E-state index is 14.1. The molecule has 1 aliphatic heterocycles. The van der Waals surface area contributed by atoms with Crippen LogP contribution in [0.4, 0.5) is 15.8 Å². The number of aryl methyl sites for hydroxylation is 1. The molecule has 0 spiro atoms. The van der Waals surface area contributed by atoms with Crippen molar-refractivity contribution in [1.29, 1.82) is 0 Å². The number of nitrogens with one attached hydrogen (secondary N) is 1. The van der Waals surface area contributed by atoms with E-state index in [-0.39, 0.29) is 31.0 Å².